The van der Waals surface area contributed by atoms with Crippen LogP contribution in [0.1, 0.15) is 30.0 Å². The minimum Gasteiger partial charge on any atom is -0.334 e. The van der Waals surface area contributed by atoms with Crippen molar-refractivity contribution in [1.29, 1.82) is 0 Å². The van der Waals surface area contributed by atoms with Crippen molar-refractivity contribution in [3.63, 3.8) is 0 Å². The van der Waals surface area contributed by atoms with Crippen LogP contribution in [0.4, 0.5) is 0 Å². The summed E-state index contributed by atoms with van der Waals surface area (Å²) in [7, 11) is 0. The topological polar surface area (TPSA) is 63.9 Å². The molecule has 1 amide bonds. The number of benzene rings is 1. The Kier molecular flexibility index (Phi) is 3.45. The van der Waals surface area contributed by atoms with Gasteiger partial charge in [0, 0.05) is 6.54 Å². The van der Waals surface area contributed by atoms with Crippen LogP contribution in [0.25, 0.3) is 0 Å². The van der Waals surface area contributed by atoms with Crippen molar-refractivity contribution < 1.29 is 4.79 Å². The molecule has 2 aromatic rings. The first kappa shape index (κ1) is 12.8. The Morgan fingerprint density at radius 2 is 2.15 bits per heavy atom. The molecular weight excluding hydrogens is 254 g/mol. The molecule has 2 heterocycles. The van der Waals surface area contributed by atoms with E-state index in [0.29, 0.717) is 0 Å². The fourth-order valence-electron chi connectivity index (χ4n) is 2.68. The van der Waals surface area contributed by atoms with Gasteiger partial charge in [0.15, 0.2) is 0 Å². The molecule has 0 N–H and O–H groups in total. The molecule has 0 saturated carbocycles. The fourth-order valence-corrected chi connectivity index (χ4v) is 2.68. The van der Waals surface area contributed by atoms with E-state index in [4.69, 9.17) is 0 Å². The molecule has 6 nitrogen and oxygen atoms in total. The zero-order chi connectivity index (χ0) is 13.9. The summed E-state index contributed by atoms with van der Waals surface area (Å²) >= 11 is 0. The highest BCUT2D eigenvalue weighted by atomic mass is 16.2. The van der Waals surface area contributed by atoms with Crippen LogP contribution in [0.15, 0.2) is 30.6 Å². The highest BCUT2D eigenvalue weighted by Crippen LogP contribution is 2.32. The fraction of sp³-hybridized carbons (Fsp3) is 0.429. The number of aromatic nitrogens is 4. The average Bonchev–Trinajstić information content (AvgIpc) is 3.10. The third-order valence-corrected chi connectivity index (χ3v) is 3.72. The maximum Gasteiger partial charge on any atom is 0.244 e. The zero-order valence-electron chi connectivity index (χ0n) is 11.4. The van der Waals surface area contributed by atoms with Crippen LogP contribution in [0.2, 0.25) is 0 Å². The number of nitrogens with zero attached hydrogens (tertiary/aromatic N) is 5. The van der Waals surface area contributed by atoms with Crippen LogP contribution in [0.5, 0.6) is 0 Å². The molecule has 0 bridgehead atoms. The molecule has 1 saturated heterocycles. The number of tetrazole rings is 1. The molecule has 1 aliphatic rings. The number of hydrogen-bond acceptors (Lipinski definition) is 4. The molecule has 0 radical (unpaired) electrons. The summed E-state index contributed by atoms with van der Waals surface area (Å²) in [6, 6.07) is 8.60. The summed E-state index contributed by atoms with van der Waals surface area (Å²) in [6.45, 7) is 3.08. The molecule has 0 aliphatic carbocycles. The van der Waals surface area contributed by atoms with Gasteiger partial charge in [-0.1, -0.05) is 29.8 Å². The highest BCUT2D eigenvalue weighted by molar-refractivity contribution is 5.76. The normalized spacial score (nSPS) is 18.4. The predicted molar refractivity (Wildman–Crippen MR) is 72.7 cm³/mol. The van der Waals surface area contributed by atoms with E-state index in [9.17, 15) is 4.79 Å². The van der Waals surface area contributed by atoms with Gasteiger partial charge in [-0.3, -0.25) is 4.79 Å². The van der Waals surface area contributed by atoms with Gasteiger partial charge in [-0.15, -0.1) is 5.10 Å². The Labute approximate surface area is 117 Å². The SMILES string of the molecule is Cc1ccc(C2CCCN2C(=O)Cn2cnnn2)cc1. The van der Waals surface area contributed by atoms with Crippen LogP contribution in [0, 0.1) is 6.92 Å². The van der Waals surface area contributed by atoms with Crippen molar-refractivity contribution in [2.24, 2.45) is 0 Å². The van der Waals surface area contributed by atoms with E-state index in [1.54, 1.807) is 0 Å². The smallest absolute Gasteiger partial charge is 0.244 e. The Morgan fingerprint density at radius 3 is 2.85 bits per heavy atom. The molecule has 20 heavy (non-hydrogen) atoms. The molecule has 1 aromatic carbocycles. The first-order chi connectivity index (χ1) is 9.74. The first-order valence-electron chi connectivity index (χ1n) is 6.81. The third kappa shape index (κ3) is 2.54. The van der Waals surface area contributed by atoms with Crippen molar-refractivity contribution in [3.8, 4) is 0 Å². The van der Waals surface area contributed by atoms with E-state index in [1.165, 1.54) is 22.1 Å². The molecule has 104 valence electrons. The Hall–Kier alpha value is -2.24. The van der Waals surface area contributed by atoms with Gasteiger partial charge in [-0.25, -0.2) is 4.68 Å². The lowest BCUT2D eigenvalue weighted by Crippen LogP contribution is -2.33. The molecular formula is C14H17N5O. The number of carbonyl (C=O) groups is 1. The molecule has 1 atom stereocenters. The Bertz CT molecular complexity index is 578. The van der Waals surface area contributed by atoms with Gasteiger partial charge in [0.25, 0.3) is 0 Å². The van der Waals surface area contributed by atoms with Crippen LogP contribution in [-0.4, -0.2) is 37.6 Å². The summed E-state index contributed by atoms with van der Waals surface area (Å²) in [5.41, 5.74) is 2.44. The van der Waals surface area contributed by atoms with Gasteiger partial charge in [0.2, 0.25) is 5.91 Å². The van der Waals surface area contributed by atoms with E-state index in [2.05, 4.69) is 46.7 Å². The second-order valence-electron chi connectivity index (χ2n) is 5.16. The van der Waals surface area contributed by atoms with Crippen molar-refractivity contribution >= 4 is 5.91 Å². The molecule has 6 heteroatoms. The standard InChI is InChI=1S/C14H17N5O/c1-11-4-6-12(7-5-11)13-3-2-8-19(13)14(20)9-18-10-15-16-17-18/h4-7,10,13H,2-3,8-9H2,1H3. The lowest BCUT2D eigenvalue weighted by atomic mass is 10.0. The van der Waals surface area contributed by atoms with Gasteiger partial charge >= 0.3 is 0 Å². The summed E-state index contributed by atoms with van der Waals surface area (Å²) in [5, 5.41) is 10.8. The molecule has 1 aromatic heterocycles. The van der Waals surface area contributed by atoms with Crippen molar-refractivity contribution in [1.82, 2.24) is 25.1 Å². The Balaban J connectivity index is 1.75. The number of likely N-dealkylation sites (tertiary alicyclic amines) is 1. The molecule has 3 rings (SSSR count). The van der Waals surface area contributed by atoms with E-state index < -0.39 is 0 Å². The maximum atomic E-state index is 12.4. The largest absolute Gasteiger partial charge is 0.334 e. The van der Waals surface area contributed by atoms with Crippen molar-refractivity contribution in [3.05, 3.63) is 41.7 Å². The summed E-state index contributed by atoms with van der Waals surface area (Å²) in [5.74, 6) is 0.0698. The summed E-state index contributed by atoms with van der Waals surface area (Å²) in [6.07, 6.45) is 3.53. The van der Waals surface area contributed by atoms with Crippen LogP contribution < -0.4 is 0 Å². The lowest BCUT2D eigenvalue weighted by molar-refractivity contribution is -0.133. The highest BCUT2D eigenvalue weighted by Gasteiger charge is 2.29. The van der Waals surface area contributed by atoms with Gasteiger partial charge < -0.3 is 4.90 Å². The molecule has 0 spiro atoms. The van der Waals surface area contributed by atoms with Gasteiger partial charge in [-0.2, -0.15) is 0 Å². The van der Waals surface area contributed by atoms with Crippen LogP contribution in [0.3, 0.4) is 0 Å². The van der Waals surface area contributed by atoms with Gasteiger partial charge in [-0.05, 0) is 35.8 Å². The third-order valence-electron chi connectivity index (χ3n) is 3.72. The van der Waals surface area contributed by atoms with Gasteiger partial charge in [0.1, 0.15) is 12.9 Å². The zero-order valence-corrected chi connectivity index (χ0v) is 11.4. The van der Waals surface area contributed by atoms with Crippen molar-refractivity contribution in [2.75, 3.05) is 6.54 Å². The quantitative estimate of drug-likeness (QED) is 0.845. The van der Waals surface area contributed by atoms with E-state index in [1.807, 2.05) is 4.90 Å². The minimum absolute atomic E-state index is 0.0698. The Morgan fingerprint density at radius 1 is 1.35 bits per heavy atom. The first-order valence-corrected chi connectivity index (χ1v) is 6.81. The van der Waals surface area contributed by atoms with Gasteiger partial charge in [0.05, 0.1) is 6.04 Å². The number of aryl methyl sites for hydroxylation is 1. The minimum atomic E-state index is 0.0698. The molecule has 1 unspecified atom stereocenters. The molecule has 1 fully saturated rings. The van der Waals surface area contributed by atoms with E-state index in [0.717, 1.165) is 19.4 Å². The van der Waals surface area contributed by atoms with Crippen LogP contribution >= 0.6 is 0 Å². The van der Waals surface area contributed by atoms with Crippen molar-refractivity contribution in [2.45, 2.75) is 32.4 Å². The lowest BCUT2D eigenvalue weighted by Gasteiger charge is -2.25. The average molecular weight is 271 g/mol. The second-order valence-corrected chi connectivity index (χ2v) is 5.16. The van der Waals surface area contributed by atoms with Crippen LogP contribution in [-0.2, 0) is 11.3 Å². The number of amides is 1. The monoisotopic (exact) mass is 271 g/mol. The number of carbonyl (C=O) groups excluding carboxylic acids is 1. The molecule has 1 aliphatic heterocycles. The van der Waals surface area contributed by atoms with E-state index in [-0.39, 0.29) is 18.5 Å². The predicted octanol–water partition coefficient (Wildman–Crippen LogP) is 1.35. The summed E-state index contributed by atoms with van der Waals surface area (Å²) < 4.78 is 1.47. The number of hydrogen-bond donors (Lipinski definition) is 0. The summed E-state index contributed by atoms with van der Waals surface area (Å²) in [4.78, 5) is 14.3. The van der Waals surface area contributed by atoms with E-state index >= 15 is 0 Å². The second kappa shape index (κ2) is 5.40. The number of rotatable bonds is 3. The maximum absolute atomic E-state index is 12.4.